The molecule has 0 amide bonds. The molecule has 1 aromatic carbocycles. The first-order chi connectivity index (χ1) is 11.7. The van der Waals surface area contributed by atoms with Crippen molar-refractivity contribution in [1.29, 1.82) is 0 Å². The van der Waals surface area contributed by atoms with E-state index in [2.05, 4.69) is 34.1 Å². The molecule has 24 heavy (non-hydrogen) atoms. The number of pyridine rings is 1. The number of carbonyl (C=O) groups is 1. The number of likely N-dealkylation sites (tertiary alicyclic amines) is 1. The molecule has 1 N–H and O–H groups in total. The number of aliphatic carboxylic acids is 1. The number of rotatable bonds is 6. The molecule has 126 valence electrons. The first-order valence-corrected chi connectivity index (χ1v) is 8.65. The van der Waals surface area contributed by atoms with Gasteiger partial charge >= 0.3 is 5.97 Å². The number of piperidine rings is 1. The maximum absolute atomic E-state index is 10.8. The number of carboxylic acids is 1. The molecular formula is C20H24N2O2. The molecule has 0 radical (unpaired) electrons. The van der Waals surface area contributed by atoms with Crippen molar-refractivity contribution in [2.45, 2.75) is 32.2 Å². The van der Waals surface area contributed by atoms with Crippen molar-refractivity contribution in [2.24, 2.45) is 5.92 Å². The molecule has 0 spiro atoms. The summed E-state index contributed by atoms with van der Waals surface area (Å²) in [7, 11) is 0. The molecule has 1 aliphatic rings. The van der Waals surface area contributed by atoms with Gasteiger partial charge in [0.2, 0.25) is 0 Å². The highest BCUT2D eigenvalue weighted by molar-refractivity contribution is 5.66. The van der Waals surface area contributed by atoms with Crippen molar-refractivity contribution >= 4 is 5.97 Å². The number of hydrogen-bond donors (Lipinski definition) is 1. The summed E-state index contributed by atoms with van der Waals surface area (Å²) in [5, 5.41) is 8.86. The lowest BCUT2D eigenvalue weighted by atomic mass is 9.93. The third kappa shape index (κ3) is 4.65. The van der Waals surface area contributed by atoms with Crippen LogP contribution in [0.5, 0.6) is 0 Å². The van der Waals surface area contributed by atoms with Gasteiger partial charge in [-0.05, 0) is 55.5 Å². The van der Waals surface area contributed by atoms with E-state index in [1.165, 1.54) is 5.56 Å². The monoisotopic (exact) mass is 324 g/mol. The third-order valence-electron chi connectivity index (χ3n) is 4.66. The molecule has 2 heterocycles. The van der Waals surface area contributed by atoms with E-state index in [0.717, 1.165) is 50.2 Å². The van der Waals surface area contributed by atoms with Crippen molar-refractivity contribution in [3.63, 3.8) is 0 Å². The Kier molecular flexibility index (Phi) is 5.59. The maximum Gasteiger partial charge on any atom is 0.303 e. The van der Waals surface area contributed by atoms with Crippen LogP contribution in [0.25, 0.3) is 11.3 Å². The molecule has 1 unspecified atom stereocenters. The zero-order valence-electron chi connectivity index (χ0n) is 13.9. The Morgan fingerprint density at radius 1 is 1.25 bits per heavy atom. The van der Waals surface area contributed by atoms with E-state index in [1.54, 1.807) is 0 Å². The van der Waals surface area contributed by atoms with Crippen LogP contribution in [0.3, 0.4) is 0 Å². The van der Waals surface area contributed by atoms with Crippen LogP contribution in [0.1, 0.15) is 31.2 Å². The van der Waals surface area contributed by atoms with Crippen LogP contribution in [-0.2, 0) is 11.3 Å². The summed E-state index contributed by atoms with van der Waals surface area (Å²) in [6.07, 6.45) is 5.20. The summed E-state index contributed by atoms with van der Waals surface area (Å²) in [4.78, 5) is 17.6. The average molecular weight is 324 g/mol. The number of nitrogens with zero attached hydrogens (tertiary/aromatic N) is 2. The first kappa shape index (κ1) is 16.7. The zero-order valence-corrected chi connectivity index (χ0v) is 13.9. The van der Waals surface area contributed by atoms with Crippen LogP contribution in [0.2, 0.25) is 0 Å². The standard InChI is InChI=1S/C20H24N2O2/c23-20(24)10-9-16-6-4-12-22(14-16)15-17-5-3-7-18(13-17)19-8-1-2-11-21-19/h1-3,5,7-8,11,13,16H,4,6,9-10,12,14-15H2,(H,23,24). The summed E-state index contributed by atoms with van der Waals surface area (Å²) in [5.41, 5.74) is 3.43. The van der Waals surface area contributed by atoms with Gasteiger partial charge in [0.1, 0.15) is 0 Å². The van der Waals surface area contributed by atoms with Crippen LogP contribution in [0.15, 0.2) is 48.7 Å². The van der Waals surface area contributed by atoms with Gasteiger partial charge in [0.25, 0.3) is 0 Å². The van der Waals surface area contributed by atoms with Crippen molar-refractivity contribution in [2.75, 3.05) is 13.1 Å². The lowest BCUT2D eigenvalue weighted by Crippen LogP contribution is -2.35. The normalized spacial score (nSPS) is 18.4. The van der Waals surface area contributed by atoms with Gasteiger partial charge in [0.05, 0.1) is 5.69 Å². The van der Waals surface area contributed by atoms with E-state index in [1.807, 2.05) is 24.4 Å². The Hall–Kier alpha value is -2.20. The van der Waals surface area contributed by atoms with Crippen LogP contribution in [0.4, 0.5) is 0 Å². The lowest BCUT2D eigenvalue weighted by Gasteiger charge is -2.32. The molecule has 2 aromatic rings. The Morgan fingerprint density at radius 3 is 2.96 bits per heavy atom. The fraction of sp³-hybridized carbons (Fsp3) is 0.400. The molecule has 1 aromatic heterocycles. The van der Waals surface area contributed by atoms with Crippen molar-refractivity contribution in [1.82, 2.24) is 9.88 Å². The second-order valence-corrected chi connectivity index (χ2v) is 6.59. The van der Waals surface area contributed by atoms with Crippen molar-refractivity contribution < 1.29 is 9.90 Å². The molecule has 4 heteroatoms. The van der Waals surface area contributed by atoms with E-state index in [4.69, 9.17) is 5.11 Å². The Balaban J connectivity index is 1.62. The molecular weight excluding hydrogens is 300 g/mol. The van der Waals surface area contributed by atoms with Gasteiger partial charge in [-0.15, -0.1) is 0 Å². The van der Waals surface area contributed by atoms with Gasteiger partial charge in [-0.1, -0.05) is 24.3 Å². The van der Waals surface area contributed by atoms with Crippen LogP contribution in [-0.4, -0.2) is 34.0 Å². The van der Waals surface area contributed by atoms with Gasteiger partial charge in [0, 0.05) is 31.3 Å². The average Bonchev–Trinajstić information content (AvgIpc) is 2.61. The van der Waals surface area contributed by atoms with E-state index < -0.39 is 5.97 Å². The molecule has 1 saturated heterocycles. The Labute approximate surface area is 143 Å². The summed E-state index contributed by atoms with van der Waals surface area (Å²) < 4.78 is 0. The van der Waals surface area contributed by atoms with Crippen molar-refractivity contribution in [3.8, 4) is 11.3 Å². The third-order valence-corrected chi connectivity index (χ3v) is 4.66. The first-order valence-electron chi connectivity index (χ1n) is 8.65. The Morgan fingerprint density at radius 2 is 2.17 bits per heavy atom. The van der Waals surface area contributed by atoms with E-state index >= 15 is 0 Å². The van der Waals surface area contributed by atoms with Gasteiger partial charge in [-0.25, -0.2) is 0 Å². The van der Waals surface area contributed by atoms with E-state index in [9.17, 15) is 4.79 Å². The highest BCUT2D eigenvalue weighted by atomic mass is 16.4. The van der Waals surface area contributed by atoms with Crippen LogP contribution >= 0.6 is 0 Å². The second kappa shape index (κ2) is 8.06. The molecule has 3 rings (SSSR count). The zero-order chi connectivity index (χ0) is 16.8. The molecule has 4 nitrogen and oxygen atoms in total. The van der Waals surface area contributed by atoms with Gasteiger partial charge in [-0.2, -0.15) is 0 Å². The molecule has 1 fully saturated rings. The lowest BCUT2D eigenvalue weighted by molar-refractivity contribution is -0.137. The fourth-order valence-corrected chi connectivity index (χ4v) is 3.48. The smallest absolute Gasteiger partial charge is 0.303 e. The molecule has 0 saturated carbocycles. The highest BCUT2D eigenvalue weighted by Crippen LogP contribution is 2.24. The summed E-state index contributed by atoms with van der Waals surface area (Å²) in [5.74, 6) is -0.177. The predicted molar refractivity (Wildman–Crippen MR) is 94.5 cm³/mol. The van der Waals surface area contributed by atoms with E-state index in [0.29, 0.717) is 5.92 Å². The number of benzene rings is 1. The summed E-state index contributed by atoms with van der Waals surface area (Å²) in [6.45, 7) is 3.02. The highest BCUT2D eigenvalue weighted by Gasteiger charge is 2.20. The Bertz CT molecular complexity index is 672. The number of hydrogen-bond acceptors (Lipinski definition) is 3. The van der Waals surface area contributed by atoms with Gasteiger partial charge < -0.3 is 5.11 Å². The number of carboxylic acid groups (broad SMARTS) is 1. The molecule has 1 atom stereocenters. The van der Waals surface area contributed by atoms with Crippen molar-refractivity contribution in [3.05, 3.63) is 54.2 Å². The van der Waals surface area contributed by atoms with Gasteiger partial charge in [0.15, 0.2) is 0 Å². The van der Waals surface area contributed by atoms with Gasteiger partial charge in [-0.3, -0.25) is 14.7 Å². The molecule has 0 aliphatic carbocycles. The predicted octanol–water partition coefficient (Wildman–Crippen LogP) is 3.83. The maximum atomic E-state index is 10.8. The summed E-state index contributed by atoms with van der Waals surface area (Å²) in [6, 6.07) is 14.5. The number of aromatic nitrogens is 1. The second-order valence-electron chi connectivity index (χ2n) is 6.59. The minimum Gasteiger partial charge on any atom is -0.481 e. The fourth-order valence-electron chi connectivity index (χ4n) is 3.48. The summed E-state index contributed by atoms with van der Waals surface area (Å²) >= 11 is 0. The van der Waals surface area contributed by atoms with E-state index in [-0.39, 0.29) is 6.42 Å². The molecule has 1 aliphatic heterocycles. The topological polar surface area (TPSA) is 53.4 Å². The van der Waals surface area contributed by atoms with Crippen LogP contribution in [0, 0.1) is 5.92 Å². The minimum absolute atomic E-state index is 0.285. The van der Waals surface area contributed by atoms with Crippen LogP contribution < -0.4 is 0 Å². The SMILES string of the molecule is O=C(O)CCC1CCCN(Cc2cccc(-c3ccccn3)c2)C1. The quantitative estimate of drug-likeness (QED) is 0.877. The largest absolute Gasteiger partial charge is 0.481 e. The minimum atomic E-state index is -0.685. The molecule has 0 bridgehead atoms.